The minimum atomic E-state index is -0.854. The summed E-state index contributed by atoms with van der Waals surface area (Å²) in [6.45, 7) is 6.34. The van der Waals surface area contributed by atoms with Crippen molar-refractivity contribution in [2.75, 3.05) is 31.2 Å². The maximum absolute atomic E-state index is 13.8. The minimum Gasteiger partial charge on any atom is -0.491 e. The molecule has 2 aromatic heterocycles. The fourth-order valence-corrected chi connectivity index (χ4v) is 6.59. The van der Waals surface area contributed by atoms with E-state index in [4.69, 9.17) is 14.6 Å². The van der Waals surface area contributed by atoms with Crippen molar-refractivity contribution in [2.45, 2.75) is 25.5 Å². The lowest BCUT2D eigenvalue weighted by Gasteiger charge is -2.37. The molecule has 0 saturated carbocycles. The second-order valence-corrected chi connectivity index (χ2v) is 11.8. The molecule has 0 atom stereocenters. The summed E-state index contributed by atoms with van der Waals surface area (Å²) in [7, 11) is 1.69. The third-order valence-electron chi connectivity index (χ3n) is 8.61. The Hall–Kier alpha value is -5.21. The number of hydrogen-bond donors (Lipinski definition) is 0. The van der Waals surface area contributed by atoms with E-state index >= 15 is 0 Å². The van der Waals surface area contributed by atoms with E-state index in [2.05, 4.69) is 93.5 Å². The van der Waals surface area contributed by atoms with Crippen LogP contribution in [0.4, 0.5) is 5.69 Å². The first kappa shape index (κ1) is 29.5. The number of anilines is 1. The van der Waals surface area contributed by atoms with Crippen molar-refractivity contribution in [2.24, 2.45) is 7.05 Å². The predicted molar refractivity (Wildman–Crippen MR) is 182 cm³/mol. The van der Waals surface area contributed by atoms with Crippen LogP contribution in [-0.2, 0) is 17.3 Å². The zero-order valence-electron chi connectivity index (χ0n) is 26.3. The second-order valence-electron chi connectivity index (χ2n) is 11.8. The van der Waals surface area contributed by atoms with Crippen LogP contribution in [0.5, 0.6) is 5.75 Å². The van der Waals surface area contributed by atoms with Crippen LogP contribution in [0.25, 0.3) is 22.2 Å². The Balaban J connectivity index is 1.62. The van der Waals surface area contributed by atoms with Gasteiger partial charge in [0.15, 0.2) is 0 Å². The highest BCUT2D eigenvalue weighted by molar-refractivity contribution is 5.97. The van der Waals surface area contributed by atoms with E-state index in [1.165, 1.54) is 4.68 Å². The van der Waals surface area contributed by atoms with Crippen molar-refractivity contribution in [1.29, 1.82) is 0 Å². The molecular formula is C38H37N5O3. The monoisotopic (exact) mass is 611 g/mol. The summed E-state index contributed by atoms with van der Waals surface area (Å²) in [4.78, 5) is 15.9. The van der Waals surface area contributed by atoms with Crippen LogP contribution in [0.3, 0.4) is 0 Å². The summed E-state index contributed by atoms with van der Waals surface area (Å²) < 4.78 is 15.4. The van der Waals surface area contributed by atoms with Crippen LogP contribution < -0.4 is 15.2 Å². The maximum atomic E-state index is 13.8. The average Bonchev–Trinajstić information content (AvgIpc) is 3.46. The van der Waals surface area contributed by atoms with Crippen molar-refractivity contribution < 1.29 is 9.47 Å². The number of hydrogen-bond acceptors (Lipinski definition) is 6. The van der Waals surface area contributed by atoms with Crippen LogP contribution in [0.1, 0.15) is 30.5 Å². The van der Waals surface area contributed by atoms with Crippen molar-refractivity contribution in [1.82, 2.24) is 19.6 Å². The van der Waals surface area contributed by atoms with Gasteiger partial charge in [-0.05, 0) is 48.7 Å². The van der Waals surface area contributed by atoms with Gasteiger partial charge < -0.3 is 14.4 Å². The van der Waals surface area contributed by atoms with Crippen molar-refractivity contribution in [3.63, 3.8) is 0 Å². The molecule has 1 saturated heterocycles. The number of aryl methyl sites for hydroxylation is 1. The van der Waals surface area contributed by atoms with E-state index in [1.807, 2.05) is 44.2 Å². The SMILES string of the molecule is CC(C)Oc1ccc2c(c1)c(-c1cnn(C)c(=O)c1N1CCOCC1)nn2C(c1ccccc1)(c1ccccc1)c1ccccc1. The number of aromatic nitrogens is 4. The normalized spacial score (nSPS) is 13.8. The van der Waals surface area contributed by atoms with Gasteiger partial charge in [-0.1, -0.05) is 91.0 Å². The number of morpholine rings is 1. The molecule has 1 aliphatic heterocycles. The van der Waals surface area contributed by atoms with Crippen molar-refractivity contribution in [3.05, 3.63) is 142 Å². The Bertz CT molecular complexity index is 1920. The summed E-state index contributed by atoms with van der Waals surface area (Å²) in [5, 5.41) is 10.9. The van der Waals surface area contributed by atoms with E-state index in [0.717, 1.165) is 33.3 Å². The van der Waals surface area contributed by atoms with Gasteiger partial charge in [0.1, 0.15) is 22.7 Å². The van der Waals surface area contributed by atoms with Gasteiger partial charge in [0.05, 0.1) is 36.6 Å². The van der Waals surface area contributed by atoms with E-state index in [9.17, 15) is 4.79 Å². The fourth-order valence-electron chi connectivity index (χ4n) is 6.59. The molecule has 232 valence electrons. The number of ether oxygens (including phenoxy) is 2. The Morgan fingerprint density at radius 2 is 1.37 bits per heavy atom. The predicted octanol–water partition coefficient (Wildman–Crippen LogP) is 6.26. The smallest absolute Gasteiger partial charge is 0.290 e. The Kier molecular flexibility index (Phi) is 7.88. The van der Waals surface area contributed by atoms with Gasteiger partial charge >= 0.3 is 0 Å². The first-order valence-electron chi connectivity index (χ1n) is 15.7. The van der Waals surface area contributed by atoms with Gasteiger partial charge in [-0.25, -0.2) is 9.36 Å². The van der Waals surface area contributed by atoms with Crippen molar-refractivity contribution >= 4 is 16.6 Å². The van der Waals surface area contributed by atoms with Gasteiger partial charge in [0.25, 0.3) is 5.56 Å². The highest BCUT2D eigenvalue weighted by Crippen LogP contribution is 2.45. The highest BCUT2D eigenvalue weighted by atomic mass is 16.5. The number of nitrogens with zero attached hydrogens (tertiary/aromatic N) is 5. The molecule has 7 rings (SSSR count). The lowest BCUT2D eigenvalue weighted by molar-refractivity contribution is 0.122. The van der Waals surface area contributed by atoms with Crippen molar-refractivity contribution in [3.8, 4) is 17.0 Å². The summed E-state index contributed by atoms with van der Waals surface area (Å²) in [6, 6.07) is 37.6. The molecule has 1 aliphatic rings. The van der Waals surface area contributed by atoms with Gasteiger partial charge in [-0.3, -0.25) is 4.79 Å². The molecule has 0 amide bonds. The molecule has 0 aliphatic carbocycles. The zero-order valence-corrected chi connectivity index (χ0v) is 26.3. The number of benzene rings is 4. The first-order valence-corrected chi connectivity index (χ1v) is 15.7. The standard InChI is InChI=1S/C38H37N5O3/c1-27(2)46-31-19-20-34-32(25-31)35(33-26-39-41(3)37(44)36(33)42-21-23-45-24-22-42)40-43(34)38(28-13-7-4-8-14-28,29-15-9-5-10-16-29)30-17-11-6-12-18-30/h4-20,25-27H,21-24H2,1-3H3. The molecule has 8 nitrogen and oxygen atoms in total. The molecule has 46 heavy (non-hydrogen) atoms. The van der Waals surface area contributed by atoms with Crippen LogP contribution in [0.15, 0.2) is 120 Å². The van der Waals surface area contributed by atoms with Crippen LogP contribution in [0, 0.1) is 0 Å². The van der Waals surface area contributed by atoms with Gasteiger partial charge in [-0.2, -0.15) is 10.2 Å². The fraction of sp³-hybridized carbons (Fsp3) is 0.237. The Morgan fingerprint density at radius 3 is 1.91 bits per heavy atom. The maximum Gasteiger partial charge on any atom is 0.290 e. The molecule has 1 fully saturated rings. The quantitative estimate of drug-likeness (QED) is 0.189. The number of fused-ring (bicyclic) bond motifs is 1. The minimum absolute atomic E-state index is 0.0115. The van der Waals surface area contributed by atoms with Gasteiger partial charge in [-0.15, -0.1) is 0 Å². The summed E-state index contributed by atoms with van der Waals surface area (Å²) in [5.41, 5.74) is 4.97. The van der Waals surface area contributed by atoms with Crippen LogP contribution >= 0.6 is 0 Å². The summed E-state index contributed by atoms with van der Waals surface area (Å²) >= 11 is 0. The van der Waals surface area contributed by atoms with Gasteiger partial charge in [0, 0.05) is 25.5 Å². The Labute approximate surface area is 268 Å². The van der Waals surface area contributed by atoms with Gasteiger partial charge in [0.2, 0.25) is 0 Å². The Morgan fingerprint density at radius 1 is 0.804 bits per heavy atom. The van der Waals surface area contributed by atoms with E-state index in [0.29, 0.717) is 43.2 Å². The molecule has 0 radical (unpaired) electrons. The highest BCUT2D eigenvalue weighted by Gasteiger charge is 2.41. The lowest BCUT2D eigenvalue weighted by Crippen LogP contribution is -2.41. The first-order chi connectivity index (χ1) is 22.5. The second kappa shape index (κ2) is 12.3. The molecule has 0 spiro atoms. The average molecular weight is 612 g/mol. The third-order valence-corrected chi connectivity index (χ3v) is 8.61. The van der Waals surface area contributed by atoms with E-state index in [-0.39, 0.29) is 11.7 Å². The van der Waals surface area contributed by atoms with E-state index in [1.54, 1.807) is 13.2 Å². The van der Waals surface area contributed by atoms with Crippen LogP contribution in [0.2, 0.25) is 0 Å². The summed E-state index contributed by atoms with van der Waals surface area (Å²) in [5.74, 6) is 0.734. The largest absolute Gasteiger partial charge is 0.491 e. The molecule has 8 heteroatoms. The molecular weight excluding hydrogens is 574 g/mol. The molecule has 6 aromatic rings. The summed E-state index contributed by atoms with van der Waals surface area (Å²) in [6.07, 6.45) is 1.76. The topological polar surface area (TPSA) is 74.4 Å². The molecule has 3 heterocycles. The zero-order chi connectivity index (χ0) is 31.7. The molecule has 0 unspecified atom stereocenters. The number of rotatable bonds is 8. The molecule has 0 bridgehead atoms. The van der Waals surface area contributed by atoms with E-state index < -0.39 is 5.54 Å². The molecule has 0 N–H and O–H groups in total. The lowest BCUT2D eigenvalue weighted by atomic mass is 9.77. The molecule has 4 aromatic carbocycles. The van der Waals surface area contributed by atoms with Crippen LogP contribution in [-0.4, -0.2) is 52.0 Å². The third kappa shape index (κ3) is 5.04.